The maximum atomic E-state index is 12.7. The van der Waals surface area contributed by atoms with Crippen LogP contribution >= 0.6 is 11.3 Å². The van der Waals surface area contributed by atoms with E-state index in [1.165, 1.54) is 5.56 Å². The van der Waals surface area contributed by atoms with Crippen molar-refractivity contribution in [1.82, 2.24) is 26.0 Å². The second-order valence-corrected chi connectivity index (χ2v) is 9.57. The second kappa shape index (κ2) is 11.0. The lowest BCUT2D eigenvalue weighted by Crippen LogP contribution is -2.47. The van der Waals surface area contributed by atoms with Gasteiger partial charge in [-0.2, -0.15) is 11.3 Å². The number of rotatable bonds is 6. The van der Waals surface area contributed by atoms with Crippen LogP contribution in [0.15, 0.2) is 81.2 Å². The molecule has 9 heteroatoms. The van der Waals surface area contributed by atoms with Crippen molar-refractivity contribution in [2.75, 3.05) is 13.1 Å². The van der Waals surface area contributed by atoms with Gasteiger partial charge in [0, 0.05) is 20.6 Å². The molecule has 0 amide bonds. The van der Waals surface area contributed by atoms with Crippen LogP contribution in [0.3, 0.4) is 0 Å². The molecule has 1 fully saturated rings. The number of aromatic nitrogens is 2. The number of aromatic amines is 1. The summed E-state index contributed by atoms with van der Waals surface area (Å²) in [5, 5.41) is 4.26. The van der Waals surface area contributed by atoms with Gasteiger partial charge >= 0.3 is 5.69 Å². The van der Waals surface area contributed by atoms with E-state index in [4.69, 9.17) is 10.8 Å². The van der Waals surface area contributed by atoms with Gasteiger partial charge in [-0.05, 0) is 59.9 Å². The van der Waals surface area contributed by atoms with E-state index in [0.717, 1.165) is 48.4 Å². The summed E-state index contributed by atoms with van der Waals surface area (Å²) < 4.78 is 1.93. The molecular formula is C26H35N7OS. The number of benzene rings is 2. The van der Waals surface area contributed by atoms with Gasteiger partial charge in [-0.1, -0.05) is 42.5 Å². The highest BCUT2D eigenvalue weighted by Gasteiger charge is 2.31. The molecule has 2 aromatic carbocycles. The summed E-state index contributed by atoms with van der Waals surface area (Å²) in [4.78, 5) is 23.1. The number of hydrogen-bond acceptors (Lipinski definition) is 6. The van der Waals surface area contributed by atoms with Crippen molar-refractivity contribution >= 4 is 28.2 Å². The predicted octanol–water partition coefficient (Wildman–Crippen LogP) is 4.80. The first-order valence-electron chi connectivity index (χ1n) is 11.7. The Morgan fingerprint density at radius 2 is 1.83 bits per heavy atom. The van der Waals surface area contributed by atoms with E-state index in [0.29, 0.717) is 0 Å². The van der Waals surface area contributed by atoms with Crippen molar-refractivity contribution in [2.45, 2.75) is 37.9 Å². The zero-order valence-corrected chi connectivity index (χ0v) is 20.7. The lowest BCUT2D eigenvalue weighted by molar-refractivity contribution is 0.164. The molecule has 0 aliphatic carbocycles. The fourth-order valence-corrected chi connectivity index (χ4v) is 5.69. The zero-order valence-electron chi connectivity index (χ0n) is 19.9. The third kappa shape index (κ3) is 5.08. The number of hydrogen-bond donors (Lipinski definition) is 4. The number of para-hydroxylation sites is 2. The largest absolute Gasteiger partial charge is 0.344 e. The van der Waals surface area contributed by atoms with E-state index in [-0.39, 0.29) is 31.4 Å². The molecular weight excluding hydrogens is 458 g/mol. The van der Waals surface area contributed by atoms with Crippen LogP contribution in [0.4, 0.5) is 0 Å². The number of thiophene rings is 1. The maximum absolute atomic E-state index is 12.7. The van der Waals surface area contributed by atoms with Gasteiger partial charge in [0.15, 0.2) is 0 Å². The number of fused-ring (bicyclic) bond motifs is 1. The van der Waals surface area contributed by atoms with Crippen LogP contribution < -0.4 is 23.1 Å². The van der Waals surface area contributed by atoms with Gasteiger partial charge in [0.05, 0.1) is 23.1 Å². The van der Waals surface area contributed by atoms with Crippen molar-refractivity contribution in [3.8, 4) is 0 Å². The van der Waals surface area contributed by atoms with Crippen LogP contribution in [0.5, 0.6) is 0 Å². The van der Waals surface area contributed by atoms with Gasteiger partial charge in [0.1, 0.15) is 5.84 Å². The van der Waals surface area contributed by atoms with Gasteiger partial charge in [-0.25, -0.2) is 10.6 Å². The van der Waals surface area contributed by atoms with Gasteiger partial charge in [-0.15, -0.1) is 0 Å². The number of aliphatic imine (C=N–C) groups is 1. The molecule has 0 radical (unpaired) electrons. The predicted molar refractivity (Wildman–Crippen MR) is 146 cm³/mol. The minimum absolute atomic E-state index is 0. The topological polar surface area (TPSA) is 126 Å². The third-order valence-corrected chi connectivity index (χ3v) is 7.44. The Hall–Kier alpha value is -3.24. The summed E-state index contributed by atoms with van der Waals surface area (Å²) >= 11 is 1.68. The molecule has 4 aromatic rings. The third-order valence-electron chi connectivity index (χ3n) is 6.73. The highest BCUT2D eigenvalue weighted by molar-refractivity contribution is 7.08. The van der Waals surface area contributed by atoms with E-state index in [1.54, 1.807) is 11.3 Å². The molecule has 3 heterocycles. The van der Waals surface area contributed by atoms with Crippen molar-refractivity contribution in [1.29, 1.82) is 0 Å². The van der Waals surface area contributed by atoms with Gasteiger partial charge < -0.3 is 16.6 Å². The molecule has 186 valence electrons. The Morgan fingerprint density at radius 1 is 1.11 bits per heavy atom. The first-order chi connectivity index (χ1) is 16.7. The smallest absolute Gasteiger partial charge is 0.326 e. The fraction of sp³-hybridized carbons (Fsp3) is 0.308. The minimum atomic E-state index is -0.0527. The highest BCUT2D eigenvalue weighted by atomic mass is 32.1. The first-order valence-corrected chi connectivity index (χ1v) is 12.6. The minimum Gasteiger partial charge on any atom is -0.344 e. The number of piperidine rings is 1. The monoisotopic (exact) mass is 493 g/mol. The van der Waals surface area contributed by atoms with Gasteiger partial charge in [0.2, 0.25) is 0 Å². The molecule has 5 rings (SSSR count). The molecule has 1 aliphatic rings. The zero-order chi connectivity index (χ0) is 23.5. The quantitative estimate of drug-likeness (QED) is 0.133. The average Bonchev–Trinajstić information content (AvgIpc) is 3.52. The number of amidine groups is 1. The van der Waals surface area contributed by atoms with Crippen molar-refractivity contribution in [2.24, 2.45) is 10.8 Å². The van der Waals surface area contributed by atoms with E-state index in [1.807, 2.05) is 47.0 Å². The number of nitrogens with one attached hydrogen (secondary N) is 2. The summed E-state index contributed by atoms with van der Waals surface area (Å²) in [7, 11) is 0. The van der Waals surface area contributed by atoms with Crippen LogP contribution in [0.25, 0.3) is 11.0 Å². The first kappa shape index (κ1) is 24.9. The van der Waals surface area contributed by atoms with Gasteiger partial charge in [-0.3, -0.25) is 14.5 Å². The Labute approximate surface area is 210 Å². The Morgan fingerprint density at radius 3 is 2.51 bits per heavy atom. The number of H-pyrrole nitrogens is 1. The maximum Gasteiger partial charge on any atom is 0.326 e. The molecule has 0 saturated carbocycles. The lowest BCUT2D eigenvalue weighted by Gasteiger charge is -2.38. The van der Waals surface area contributed by atoms with Crippen LogP contribution in [0.1, 0.15) is 50.4 Å². The lowest BCUT2D eigenvalue weighted by atomic mass is 9.99. The summed E-state index contributed by atoms with van der Waals surface area (Å²) in [5.41, 5.74) is 7.08. The molecule has 2 aromatic heterocycles. The molecule has 0 unspecified atom stereocenters. The summed E-state index contributed by atoms with van der Waals surface area (Å²) in [6.45, 7) is 3.78. The summed E-state index contributed by atoms with van der Waals surface area (Å²) in [6, 6.07) is 20.4. The SMILES string of the molecule is C[C@H](N=C(NN)[C@@H](c1ccsc1)N1CCC(n2c(=O)[nH]c3ccccc32)CC1)c1ccccc1.N.[HH]. The standard InChI is InChI=1S/C26H30N6OS.H3N.H2/c1-18(19-7-3-2-4-8-19)28-25(30-27)24(20-13-16-34-17-20)31-14-11-21(12-15-31)32-23-10-6-5-9-22(23)29-26(32)33;;/h2-10,13,16-18,21,24H,11-12,14-15,27H2,1H3,(H,28,30)(H,29,33);1H3;1H/t18-,24+;;/m0../s1. The van der Waals surface area contributed by atoms with E-state index in [9.17, 15) is 4.79 Å². The Balaban J connectivity index is 0.00000180. The van der Waals surface area contributed by atoms with Gasteiger partial charge in [0.25, 0.3) is 0 Å². The number of hydrazine groups is 1. The molecule has 35 heavy (non-hydrogen) atoms. The summed E-state index contributed by atoms with van der Waals surface area (Å²) in [6.07, 6.45) is 1.77. The van der Waals surface area contributed by atoms with Crippen molar-refractivity contribution in [3.63, 3.8) is 0 Å². The Bertz CT molecular complexity index is 1310. The normalized spacial score (nSPS) is 17.1. The van der Waals surface area contributed by atoms with Crippen LogP contribution in [-0.2, 0) is 0 Å². The molecule has 7 N–H and O–H groups in total. The number of imidazole rings is 1. The number of nitrogens with two attached hydrogens (primary N) is 1. The van der Waals surface area contributed by atoms with Crippen LogP contribution in [-0.4, -0.2) is 33.4 Å². The molecule has 2 atom stereocenters. The molecule has 0 spiro atoms. The number of nitrogens with zero attached hydrogens (tertiary/aromatic N) is 3. The second-order valence-electron chi connectivity index (χ2n) is 8.79. The van der Waals surface area contributed by atoms with E-state index < -0.39 is 0 Å². The highest BCUT2D eigenvalue weighted by Crippen LogP contribution is 2.32. The molecule has 1 saturated heterocycles. The molecule has 1 aliphatic heterocycles. The van der Waals surface area contributed by atoms with Crippen molar-refractivity contribution in [3.05, 3.63) is 93.0 Å². The molecule has 0 bridgehead atoms. The van der Waals surface area contributed by atoms with E-state index >= 15 is 0 Å². The molecule has 8 nitrogen and oxygen atoms in total. The fourth-order valence-electron chi connectivity index (χ4n) is 5.01. The Kier molecular flexibility index (Phi) is 7.82. The number of likely N-dealkylation sites (tertiary alicyclic amines) is 1. The van der Waals surface area contributed by atoms with Crippen molar-refractivity contribution < 1.29 is 1.43 Å². The van der Waals surface area contributed by atoms with Crippen LogP contribution in [0, 0.1) is 0 Å². The van der Waals surface area contributed by atoms with Crippen LogP contribution in [0.2, 0.25) is 0 Å². The summed E-state index contributed by atoms with van der Waals surface area (Å²) in [5.74, 6) is 6.81. The average molecular weight is 494 g/mol. The van der Waals surface area contributed by atoms with E-state index in [2.05, 4.69) is 51.2 Å².